The van der Waals surface area contributed by atoms with E-state index in [1.165, 1.54) is 6.42 Å². The van der Waals surface area contributed by atoms with Gasteiger partial charge in [-0.2, -0.15) is 0 Å². The largest absolute Gasteiger partial charge is 0.341 e. The van der Waals surface area contributed by atoms with Gasteiger partial charge in [-0.05, 0) is 73.2 Å². The summed E-state index contributed by atoms with van der Waals surface area (Å²) in [4.78, 5) is 31.3. The second kappa shape index (κ2) is 12.3. The highest BCUT2D eigenvalue weighted by molar-refractivity contribution is 5.83. The molecule has 0 bridgehead atoms. The van der Waals surface area contributed by atoms with Crippen molar-refractivity contribution in [2.45, 2.75) is 43.8 Å². The first-order valence-corrected chi connectivity index (χ1v) is 15.3. The fraction of sp³-hybridized carbons (Fsp3) is 0.250. The molecule has 3 atom stereocenters. The van der Waals surface area contributed by atoms with E-state index in [0.717, 1.165) is 76.7 Å². The fourth-order valence-electron chi connectivity index (χ4n) is 6.14. The standard InChI is InChI=1S/C36H35N7O/c37-33(28-6-2-1-3-7-28)36(44)43-21-5-9-32(43)35-40-23-31(42-35)27-18-14-25(15-19-27)11-10-24-12-16-26(17-13-24)30-22-39-34(41-30)29-8-4-20-38-29/h1-3,6-7,12-19,22-23,29,32-33,38H,4-5,8-9,20-21,37H2,(H,39,41)(H,40,42)/t29-,32-,33?/m0/s1. The van der Waals surface area contributed by atoms with Gasteiger partial charge in [-0.15, -0.1) is 0 Å². The summed E-state index contributed by atoms with van der Waals surface area (Å²) in [6.07, 6.45) is 7.84. The molecule has 1 amide bonds. The van der Waals surface area contributed by atoms with E-state index in [0.29, 0.717) is 12.6 Å². The number of benzene rings is 3. The van der Waals surface area contributed by atoms with Crippen LogP contribution in [0.4, 0.5) is 0 Å². The maximum Gasteiger partial charge on any atom is 0.244 e. The first-order chi connectivity index (χ1) is 21.6. The van der Waals surface area contributed by atoms with Gasteiger partial charge in [0.2, 0.25) is 5.91 Å². The second-order valence-electron chi connectivity index (χ2n) is 11.5. The molecule has 0 aliphatic carbocycles. The molecule has 4 heterocycles. The molecule has 3 aromatic carbocycles. The Kier molecular flexibility index (Phi) is 7.80. The summed E-state index contributed by atoms with van der Waals surface area (Å²) in [5.74, 6) is 8.28. The van der Waals surface area contributed by atoms with E-state index in [1.54, 1.807) is 0 Å². The van der Waals surface area contributed by atoms with E-state index in [2.05, 4.69) is 49.2 Å². The number of amides is 1. The van der Waals surface area contributed by atoms with E-state index in [-0.39, 0.29) is 11.9 Å². The Morgan fingerprint density at radius 3 is 2.02 bits per heavy atom. The van der Waals surface area contributed by atoms with Crippen molar-refractivity contribution in [1.29, 1.82) is 0 Å². The first kappa shape index (κ1) is 27.8. The van der Waals surface area contributed by atoms with E-state index in [4.69, 9.17) is 5.73 Å². The van der Waals surface area contributed by atoms with Crippen LogP contribution in [0.25, 0.3) is 22.5 Å². The molecule has 2 aliphatic heterocycles. The summed E-state index contributed by atoms with van der Waals surface area (Å²) >= 11 is 0. The smallest absolute Gasteiger partial charge is 0.244 e. The van der Waals surface area contributed by atoms with Gasteiger partial charge >= 0.3 is 0 Å². The predicted octanol–water partition coefficient (Wildman–Crippen LogP) is 5.65. The molecule has 1 unspecified atom stereocenters. The van der Waals surface area contributed by atoms with Gasteiger partial charge in [0, 0.05) is 17.7 Å². The monoisotopic (exact) mass is 581 g/mol. The summed E-state index contributed by atoms with van der Waals surface area (Å²) in [5.41, 5.74) is 13.1. The molecule has 5 N–H and O–H groups in total. The van der Waals surface area contributed by atoms with Gasteiger partial charge in [0.05, 0.1) is 35.9 Å². The fourth-order valence-corrected chi connectivity index (χ4v) is 6.14. The first-order valence-electron chi connectivity index (χ1n) is 15.3. The number of hydrogen-bond donors (Lipinski definition) is 4. The minimum Gasteiger partial charge on any atom is -0.341 e. The van der Waals surface area contributed by atoms with Crippen LogP contribution in [-0.4, -0.2) is 43.8 Å². The number of aromatic nitrogens is 4. The molecule has 0 radical (unpaired) electrons. The number of likely N-dealkylation sites (tertiary alicyclic amines) is 1. The van der Waals surface area contributed by atoms with Crippen molar-refractivity contribution in [3.63, 3.8) is 0 Å². The highest BCUT2D eigenvalue weighted by atomic mass is 16.2. The summed E-state index contributed by atoms with van der Waals surface area (Å²) in [5, 5.41) is 3.48. The second-order valence-corrected chi connectivity index (χ2v) is 11.5. The van der Waals surface area contributed by atoms with E-state index >= 15 is 0 Å². The molecule has 7 rings (SSSR count). The predicted molar refractivity (Wildman–Crippen MR) is 171 cm³/mol. The Balaban J connectivity index is 0.996. The molecule has 2 aliphatic rings. The lowest BCUT2D eigenvalue weighted by atomic mass is 10.1. The number of carbonyl (C=O) groups excluding carboxylic acids is 1. The van der Waals surface area contributed by atoms with E-state index in [1.807, 2.05) is 84.0 Å². The van der Waals surface area contributed by atoms with Crippen molar-refractivity contribution in [3.05, 3.63) is 120 Å². The van der Waals surface area contributed by atoms with Gasteiger partial charge in [0.25, 0.3) is 0 Å². The van der Waals surface area contributed by atoms with E-state index < -0.39 is 6.04 Å². The number of nitrogens with zero attached hydrogens (tertiary/aromatic N) is 3. The SMILES string of the molecule is NC(C(=O)N1CCC[C@H]1c1ncc(-c2ccc(C#Cc3ccc(-c4cnc([C@@H]5CCCN5)[nH]4)cc3)cc2)[nH]1)c1ccccc1. The zero-order valence-electron chi connectivity index (χ0n) is 24.5. The molecular weight excluding hydrogens is 546 g/mol. The van der Waals surface area contributed by atoms with Crippen molar-refractivity contribution in [2.75, 3.05) is 13.1 Å². The lowest BCUT2D eigenvalue weighted by molar-refractivity contribution is -0.133. The van der Waals surface area contributed by atoms with Gasteiger partial charge in [-0.25, -0.2) is 9.97 Å². The van der Waals surface area contributed by atoms with Crippen LogP contribution in [0.15, 0.2) is 91.3 Å². The number of rotatable bonds is 6. The Morgan fingerprint density at radius 1 is 0.795 bits per heavy atom. The topological polar surface area (TPSA) is 116 Å². The Morgan fingerprint density at radius 2 is 1.41 bits per heavy atom. The number of carbonyl (C=O) groups is 1. The van der Waals surface area contributed by atoms with Gasteiger partial charge in [-0.1, -0.05) is 66.4 Å². The van der Waals surface area contributed by atoms with Crippen molar-refractivity contribution < 1.29 is 4.79 Å². The molecule has 0 spiro atoms. The van der Waals surface area contributed by atoms with Gasteiger partial charge in [0.15, 0.2) is 0 Å². The number of hydrogen-bond acceptors (Lipinski definition) is 5. The average molecular weight is 582 g/mol. The molecule has 2 saturated heterocycles. The van der Waals surface area contributed by atoms with Crippen LogP contribution in [0.1, 0.15) is 72.1 Å². The van der Waals surface area contributed by atoms with Crippen molar-refractivity contribution in [2.24, 2.45) is 5.73 Å². The highest BCUT2D eigenvalue weighted by Gasteiger charge is 2.34. The highest BCUT2D eigenvalue weighted by Crippen LogP contribution is 2.33. The summed E-state index contributed by atoms with van der Waals surface area (Å²) in [6.45, 7) is 1.73. The normalized spacial score (nSPS) is 18.6. The quantitative estimate of drug-likeness (QED) is 0.193. The van der Waals surface area contributed by atoms with Gasteiger partial charge in [0.1, 0.15) is 17.7 Å². The Labute approximate surface area is 257 Å². The van der Waals surface area contributed by atoms with Crippen molar-refractivity contribution >= 4 is 5.91 Å². The molecule has 8 nitrogen and oxygen atoms in total. The third kappa shape index (κ3) is 5.80. The molecule has 44 heavy (non-hydrogen) atoms. The minimum atomic E-state index is -0.679. The molecule has 0 saturated carbocycles. The molecule has 220 valence electrons. The lowest BCUT2D eigenvalue weighted by Gasteiger charge is -2.26. The zero-order valence-corrected chi connectivity index (χ0v) is 24.5. The third-order valence-electron chi connectivity index (χ3n) is 8.60. The summed E-state index contributed by atoms with van der Waals surface area (Å²) in [6, 6.07) is 25.4. The average Bonchev–Trinajstić information content (AvgIpc) is 3.91. The van der Waals surface area contributed by atoms with Crippen molar-refractivity contribution in [1.82, 2.24) is 30.2 Å². The van der Waals surface area contributed by atoms with Crippen LogP contribution in [0.3, 0.4) is 0 Å². The number of nitrogens with one attached hydrogen (secondary N) is 3. The number of aromatic amines is 2. The third-order valence-corrected chi connectivity index (χ3v) is 8.60. The molecule has 2 fully saturated rings. The van der Waals surface area contributed by atoms with Gasteiger partial charge in [-0.3, -0.25) is 4.79 Å². The number of H-pyrrole nitrogens is 2. The Hall–Kier alpha value is -4.97. The summed E-state index contributed by atoms with van der Waals surface area (Å²) < 4.78 is 0. The Bertz CT molecular complexity index is 1790. The van der Waals surface area contributed by atoms with Crippen LogP contribution < -0.4 is 11.1 Å². The van der Waals surface area contributed by atoms with E-state index in [9.17, 15) is 4.79 Å². The maximum atomic E-state index is 13.3. The van der Waals surface area contributed by atoms with Crippen LogP contribution in [0.5, 0.6) is 0 Å². The zero-order chi connectivity index (χ0) is 29.9. The van der Waals surface area contributed by atoms with Crippen molar-refractivity contribution in [3.8, 4) is 34.4 Å². The lowest BCUT2D eigenvalue weighted by Crippen LogP contribution is -2.38. The van der Waals surface area contributed by atoms with Crippen LogP contribution in [0.2, 0.25) is 0 Å². The minimum absolute atomic E-state index is 0.0680. The molecule has 8 heteroatoms. The molecule has 5 aromatic rings. The van der Waals surface area contributed by atoms with Crippen LogP contribution in [0, 0.1) is 11.8 Å². The van der Waals surface area contributed by atoms with Gasteiger partial charge < -0.3 is 25.9 Å². The molecule has 2 aromatic heterocycles. The number of imidazole rings is 2. The van der Waals surface area contributed by atoms with Crippen LogP contribution in [-0.2, 0) is 4.79 Å². The summed E-state index contributed by atoms with van der Waals surface area (Å²) in [7, 11) is 0. The van der Waals surface area contributed by atoms with Crippen LogP contribution >= 0.6 is 0 Å². The number of nitrogens with two attached hydrogens (primary N) is 1. The molecular formula is C36H35N7O. The maximum absolute atomic E-state index is 13.3.